The van der Waals surface area contributed by atoms with Gasteiger partial charge >= 0.3 is 0 Å². The van der Waals surface area contributed by atoms with Crippen LogP contribution in [0.4, 0.5) is 0 Å². The molecule has 0 saturated carbocycles. The van der Waals surface area contributed by atoms with E-state index in [-0.39, 0.29) is 0 Å². The summed E-state index contributed by atoms with van der Waals surface area (Å²) in [5.74, 6) is 0. The minimum absolute atomic E-state index is 0.550. The van der Waals surface area contributed by atoms with Crippen molar-refractivity contribution in [2.75, 3.05) is 0 Å². The average Bonchev–Trinajstić information content (AvgIpc) is 2.66. The number of aromatic amines is 1. The van der Waals surface area contributed by atoms with Crippen LogP contribution in [0.25, 0.3) is 11.3 Å². The summed E-state index contributed by atoms with van der Waals surface area (Å²) in [5, 5.41) is 0. The van der Waals surface area contributed by atoms with Crippen LogP contribution >= 0.6 is 15.9 Å². The Morgan fingerprint density at radius 1 is 1.21 bits per heavy atom. The third kappa shape index (κ3) is 1.89. The van der Waals surface area contributed by atoms with E-state index >= 15 is 0 Å². The quantitative estimate of drug-likeness (QED) is 0.846. The number of hydrogen-bond acceptors (Lipinski definition) is 1. The number of halogens is 1. The molecule has 0 aliphatic carbocycles. The maximum atomic E-state index is 5.53. The lowest BCUT2D eigenvalue weighted by molar-refractivity contribution is 1.01. The second-order valence-electron chi connectivity index (χ2n) is 3.11. The smallest absolute Gasteiger partial charge is 0.0456 e. The van der Waals surface area contributed by atoms with Crippen molar-refractivity contribution in [3.05, 3.63) is 46.6 Å². The monoisotopic (exact) mass is 250 g/mol. The molecule has 0 unspecified atom stereocenters. The highest BCUT2D eigenvalue weighted by atomic mass is 79.9. The predicted molar refractivity (Wildman–Crippen MR) is 61.8 cm³/mol. The first kappa shape index (κ1) is 9.49. The van der Waals surface area contributed by atoms with Crippen molar-refractivity contribution >= 4 is 15.9 Å². The Hall–Kier alpha value is -1.06. The molecule has 0 radical (unpaired) electrons. The van der Waals surface area contributed by atoms with E-state index in [4.69, 9.17) is 5.73 Å². The molecule has 2 aromatic rings. The van der Waals surface area contributed by atoms with Crippen molar-refractivity contribution in [1.82, 2.24) is 4.98 Å². The molecule has 0 atom stereocenters. The third-order valence-electron chi connectivity index (χ3n) is 2.10. The topological polar surface area (TPSA) is 41.8 Å². The molecule has 3 heteroatoms. The fourth-order valence-electron chi connectivity index (χ4n) is 1.38. The zero-order chi connectivity index (χ0) is 9.97. The Morgan fingerprint density at radius 3 is 2.71 bits per heavy atom. The van der Waals surface area contributed by atoms with Crippen molar-refractivity contribution < 1.29 is 0 Å². The Kier molecular flexibility index (Phi) is 2.70. The van der Waals surface area contributed by atoms with Gasteiger partial charge in [-0.25, -0.2) is 0 Å². The lowest BCUT2D eigenvalue weighted by Crippen LogP contribution is -1.95. The lowest BCUT2D eigenvalue weighted by atomic mass is 10.2. The number of nitrogens with one attached hydrogen (secondary N) is 1. The number of hydrogen-bond donors (Lipinski definition) is 2. The van der Waals surface area contributed by atoms with Crippen LogP contribution in [-0.4, -0.2) is 4.98 Å². The molecule has 1 aromatic heterocycles. The van der Waals surface area contributed by atoms with Crippen LogP contribution in [0, 0.1) is 0 Å². The van der Waals surface area contributed by atoms with Crippen LogP contribution in [0.5, 0.6) is 0 Å². The van der Waals surface area contributed by atoms with Gasteiger partial charge in [-0.1, -0.05) is 28.1 Å². The Balaban J connectivity index is 2.39. The van der Waals surface area contributed by atoms with E-state index in [9.17, 15) is 0 Å². The van der Waals surface area contributed by atoms with Gasteiger partial charge in [0.05, 0.1) is 0 Å². The highest BCUT2D eigenvalue weighted by Gasteiger charge is 2.00. The van der Waals surface area contributed by atoms with E-state index in [0.717, 1.165) is 15.9 Å². The van der Waals surface area contributed by atoms with E-state index < -0.39 is 0 Å². The number of aromatic nitrogens is 1. The van der Waals surface area contributed by atoms with Crippen LogP contribution in [0.15, 0.2) is 40.9 Å². The second-order valence-corrected chi connectivity index (χ2v) is 4.03. The summed E-state index contributed by atoms with van der Waals surface area (Å²) in [6.07, 6.45) is 0. The molecule has 0 amide bonds. The number of H-pyrrole nitrogens is 1. The Bertz CT molecular complexity index is 434. The molecular formula is C11H11BrN2. The molecule has 3 N–H and O–H groups in total. The summed E-state index contributed by atoms with van der Waals surface area (Å²) >= 11 is 3.44. The Labute approximate surface area is 91.3 Å². The van der Waals surface area contributed by atoms with Crippen LogP contribution in [0.3, 0.4) is 0 Å². The number of nitrogens with two attached hydrogens (primary N) is 1. The summed E-state index contributed by atoms with van der Waals surface area (Å²) in [4.78, 5) is 3.26. The van der Waals surface area contributed by atoms with Gasteiger partial charge in [-0.05, 0) is 29.8 Å². The van der Waals surface area contributed by atoms with Gasteiger partial charge in [0.15, 0.2) is 0 Å². The molecular weight excluding hydrogens is 240 g/mol. The molecule has 0 spiro atoms. The van der Waals surface area contributed by atoms with Crippen molar-refractivity contribution in [1.29, 1.82) is 0 Å². The summed E-state index contributed by atoms with van der Waals surface area (Å²) < 4.78 is 1.08. The minimum Gasteiger partial charge on any atom is -0.357 e. The van der Waals surface area contributed by atoms with Gasteiger partial charge in [-0.15, -0.1) is 0 Å². The number of rotatable bonds is 2. The molecule has 2 nitrogen and oxygen atoms in total. The third-order valence-corrected chi connectivity index (χ3v) is 2.60. The lowest BCUT2D eigenvalue weighted by Gasteiger charge is -1.98. The minimum atomic E-state index is 0.550. The first-order valence-electron chi connectivity index (χ1n) is 4.43. The SMILES string of the molecule is NCc1ccc(-c2cccc(Br)c2)[nH]1. The standard InChI is InChI=1S/C11H11BrN2/c12-9-3-1-2-8(6-9)11-5-4-10(7-13)14-11/h1-6,14H,7,13H2. The molecule has 0 fully saturated rings. The fourth-order valence-corrected chi connectivity index (χ4v) is 1.78. The average molecular weight is 251 g/mol. The highest BCUT2D eigenvalue weighted by Crippen LogP contribution is 2.22. The zero-order valence-corrected chi connectivity index (χ0v) is 9.21. The molecule has 0 aliphatic rings. The summed E-state index contributed by atoms with van der Waals surface area (Å²) in [5.41, 5.74) is 8.86. The molecule has 0 saturated heterocycles. The largest absolute Gasteiger partial charge is 0.357 e. The first-order chi connectivity index (χ1) is 6.79. The van der Waals surface area contributed by atoms with Crippen LogP contribution in [0.2, 0.25) is 0 Å². The van der Waals surface area contributed by atoms with Gasteiger partial charge in [0, 0.05) is 22.4 Å². The van der Waals surface area contributed by atoms with Gasteiger partial charge in [-0.2, -0.15) is 0 Å². The van der Waals surface area contributed by atoms with E-state index in [1.165, 1.54) is 5.56 Å². The first-order valence-corrected chi connectivity index (χ1v) is 5.23. The van der Waals surface area contributed by atoms with Gasteiger partial charge < -0.3 is 10.7 Å². The summed E-state index contributed by atoms with van der Waals surface area (Å²) in [7, 11) is 0. The summed E-state index contributed by atoms with van der Waals surface area (Å²) in [6, 6.07) is 12.2. The van der Waals surface area contributed by atoms with Crippen LogP contribution < -0.4 is 5.73 Å². The molecule has 0 aliphatic heterocycles. The van der Waals surface area contributed by atoms with Crippen molar-refractivity contribution in [3.63, 3.8) is 0 Å². The van der Waals surface area contributed by atoms with E-state index in [1.54, 1.807) is 0 Å². The highest BCUT2D eigenvalue weighted by molar-refractivity contribution is 9.10. The normalized spacial score (nSPS) is 10.4. The van der Waals surface area contributed by atoms with Crippen molar-refractivity contribution in [2.24, 2.45) is 5.73 Å². The van der Waals surface area contributed by atoms with Gasteiger partial charge in [0.1, 0.15) is 0 Å². The maximum Gasteiger partial charge on any atom is 0.0456 e. The number of benzene rings is 1. The van der Waals surface area contributed by atoms with Crippen molar-refractivity contribution in [3.8, 4) is 11.3 Å². The van der Waals surface area contributed by atoms with Crippen LogP contribution in [-0.2, 0) is 6.54 Å². The van der Waals surface area contributed by atoms with E-state index in [2.05, 4.69) is 33.0 Å². The molecule has 1 heterocycles. The van der Waals surface area contributed by atoms with E-state index in [0.29, 0.717) is 6.54 Å². The van der Waals surface area contributed by atoms with Crippen LogP contribution in [0.1, 0.15) is 5.69 Å². The molecule has 2 rings (SSSR count). The molecule has 1 aromatic carbocycles. The molecule has 72 valence electrons. The predicted octanol–water partition coefficient (Wildman–Crippen LogP) is 2.90. The van der Waals surface area contributed by atoms with Gasteiger partial charge in [0.2, 0.25) is 0 Å². The second kappa shape index (κ2) is 3.98. The van der Waals surface area contributed by atoms with Crippen molar-refractivity contribution in [2.45, 2.75) is 6.54 Å². The van der Waals surface area contributed by atoms with Gasteiger partial charge in [-0.3, -0.25) is 0 Å². The molecule has 14 heavy (non-hydrogen) atoms. The molecule has 0 bridgehead atoms. The fraction of sp³-hybridized carbons (Fsp3) is 0.0909. The zero-order valence-electron chi connectivity index (χ0n) is 7.63. The summed E-state index contributed by atoms with van der Waals surface area (Å²) in [6.45, 7) is 0.550. The Morgan fingerprint density at radius 2 is 2.07 bits per heavy atom. The van der Waals surface area contributed by atoms with Gasteiger partial charge in [0.25, 0.3) is 0 Å². The maximum absolute atomic E-state index is 5.53. The van der Waals surface area contributed by atoms with E-state index in [1.807, 2.05) is 24.3 Å².